The number of nitrogens with zero attached hydrogens (tertiary/aromatic N) is 2. The fourth-order valence-corrected chi connectivity index (χ4v) is 2.36. The van der Waals surface area contributed by atoms with Gasteiger partial charge in [-0.05, 0) is 35.7 Å². The predicted octanol–water partition coefficient (Wildman–Crippen LogP) is 3.95. The van der Waals surface area contributed by atoms with Crippen molar-refractivity contribution in [2.24, 2.45) is 0 Å². The highest BCUT2D eigenvalue weighted by Crippen LogP contribution is 2.25. The Labute approximate surface area is 123 Å². The Morgan fingerprint density at radius 1 is 0.857 bits per heavy atom. The summed E-state index contributed by atoms with van der Waals surface area (Å²) in [5.41, 5.74) is 1.03. The van der Waals surface area contributed by atoms with Crippen LogP contribution in [0.4, 0.5) is 17.3 Å². The van der Waals surface area contributed by atoms with E-state index >= 15 is 0 Å². The molecule has 1 fully saturated rings. The molecule has 0 bridgehead atoms. The molecule has 1 aliphatic rings. The molecule has 3 aromatic rings. The maximum atomic E-state index is 4.28. The first-order valence-corrected chi connectivity index (χ1v) is 7.21. The largest absolute Gasteiger partial charge is 0.367 e. The van der Waals surface area contributed by atoms with Crippen LogP contribution in [0.3, 0.4) is 0 Å². The van der Waals surface area contributed by atoms with E-state index in [0.29, 0.717) is 6.04 Å². The smallest absolute Gasteiger partial charge is 0.135 e. The van der Waals surface area contributed by atoms with E-state index in [2.05, 4.69) is 63.1 Å². The van der Waals surface area contributed by atoms with Gasteiger partial charge in [0.15, 0.2) is 0 Å². The van der Waals surface area contributed by atoms with E-state index < -0.39 is 0 Å². The molecule has 1 aliphatic carbocycles. The average molecular weight is 276 g/mol. The zero-order valence-electron chi connectivity index (χ0n) is 11.6. The van der Waals surface area contributed by atoms with Crippen LogP contribution in [0.5, 0.6) is 0 Å². The van der Waals surface area contributed by atoms with E-state index in [1.54, 1.807) is 6.33 Å². The van der Waals surface area contributed by atoms with Crippen molar-refractivity contribution in [1.29, 1.82) is 0 Å². The molecule has 2 N–H and O–H groups in total. The van der Waals surface area contributed by atoms with Gasteiger partial charge >= 0.3 is 0 Å². The Morgan fingerprint density at radius 2 is 1.67 bits per heavy atom. The van der Waals surface area contributed by atoms with Gasteiger partial charge in [-0.25, -0.2) is 9.97 Å². The first-order chi connectivity index (χ1) is 10.4. The number of rotatable bonds is 4. The van der Waals surface area contributed by atoms with E-state index in [-0.39, 0.29) is 0 Å². The van der Waals surface area contributed by atoms with Crippen LogP contribution in [0.25, 0.3) is 10.8 Å². The predicted molar refractivity (Wildman–Crippen MR) is 85.9 cm³/mol. The van der Waals surface area contributed by atoms with Crippen molar-refractivity contribution in [2.45, 2.75) is 18.9 Å². The second kappa shape index (κ2) is 5.05. The van der Waals surface area contributed by atoms with Crippen LogP contribution in [-0.4, -0.2) is 16.0 Å². The van der Waals surface area contributed by atoms with Crippen molar-refractivity contribution in [3.63, 3.8) is 0 Å². The minimum absolute atomic E-state index is 0.591. The SMILES string of the molecule is c1ccc2cc(Nc3cc(NC4CC4)ncn3)ccc2c1. The van der Waals surface area contributed by atoms with Gasteiger partial charge < -0.3 is 10.6 Å². The number of fused-ring (bicyclic) bond motifs is 1. The minimum Gasteiger partial charge on any atom is -0.367 e. The molecule has 0 amide bonds. The van der Waals surface area contributed by atoms with Gasteiger partial charge in [-0.2, -0.15) is 0 Å². The Kier molecular flexibility index (Phi) is 2.92. The van der Waals surface area contributed by atoms with Crippen molar-refractivity contribution < 1.29 is 0 Å². The quantitative estimate of drug-likeness (QED) is 0.757. The van der Waals surface area contributed by atoms with Crippen LogP contribution in [0.2, 0.25) is 0 Å². The van der Waals surface area contributed by atoms with Gasteiger partial charge in [0.25, 0.3) is 0 Å². The Morgan fingerprint density at radius 3 is 2.52 bits per heavy atom. The molecule has 2 aromatic carbocycles. The zero-order chi connectivity index (χ0) is 14.1. The second-order valence-corrected chi connectivity index (χ2v) is 5.39. The number of hydrogen-bond donors (Lipinski definition) is 2. The summed E-state index contributed by atoms with van der Waals surface area (Å²) in [4.78, 5) is 8.53. The van der Waals surface area contributed by atoms with E-state index in [4.69, 9.17) is 0 Å². The highest BCUT2D eigenvalue weighted by atomic mass is 15.1. The first kappa shape index (κ1) is 12.1. The van der Waals surface area contributed by atoms with Crippen LogP contribution in [0.15, 0.2) is 54.9 Å². The molecule has 0 saturated heterocycles. The highest BCUT2D eigenvalue weighted by Gasteiger charge is 2.21. The molecule has 0 unspecified atom stereocenters. The lowest BCUT2D eigenvalue weighted by Crippen LogP contribution is -2.04. The summed E-state index contributed by atoms with van der Waals surface area (Å²) in [5, 5.41) is 9.17. The fraction of sp³-hybridized carbons (Fsp3) is 0.176. The topological polar surface area (TPSA) is 49.8 Å². The lowest BCUT2D eigenvalue weighted by molar-refractivity contribution is 1.08. The molecule has 0 aliphatic heterocycles. The number of anilines is 3. The summed E-state index contributed by atoms with van der Waals surface area (Å²) >= 11 is 0. The molecule has 1 aromatic heterocycles. The number of hydrogen-bond acceptors (Lipinski definition) is 4. The van der Waals surface area contributed by atoms with Crippen LogP contribution in [0.1, 0.15) is 12.8 Å². The third-order valence-electron chi connectivity index (χ3n) is 3.62. The van der Waals surface area contributed by atoms with Crippen molar-refractivity contribution in [2.75, 3.05) is 10.6 Å². The maximum absolute atomic E-state index is 4.28. The van der Waals surface area contributed by atoms with Gasteiger partial charge in [-0.1, -0.05) is 30.3 Å². The maximum Gasteiger partial charge on any atom is 0.135 e. The van der Waals surface area contributed by atoms with E-state index in [0.717, 1.165) is 17.3 Å². The van der Waals surface area contributed by atoms with E-state index in [1.165, 1.54) is 23.6 Å². The highest BCUT2D eigenvalue weighted by molar-refractivity contribution is 5.86. The molecule has 104 valence electrons. The summed E-state index contributed by atoms with van der Waals surface area (Å²) in [6.07, 6.45) is 4.06. The zero-order valence-corrected chi connectivity index (χ0v) is 11.6. The summed E-state index contributed by atoms with van der Waals surface area (Å²) in [6.45, 7) is 0. The Hall–Kier alpha value is -2.62. The summed E-state index contributed by atoms with van der Waals surface area (Å²) < 4.78 is 0. The van der Waals surface area contributed by atoms with Gasteiger partial charge in [-0.3, -0.25) is 0 Å². The fourth-order valence-electron chi connectivity index (χ4n) is 2.36. The Bertz CT molecular complexity index is 780. The molecule has 21 heavy (non-hydrogen) atoms. The molecular weight excluding hydrogens is 260 g/mol. The van der Waals surface area contributed by atoms with Crippen LogP contribution < -0.4 is 10.6 Å². The lowest BCUT2D eigenvalue weighted by Gasteiger charge is -2.09. The third kappa shape index (κ3) is 2.79. The Balaban J connectivity index is 1.58. The number of aromatic nitrogens is 2. The van der Waals surface area contributed by atoms with Gasteiger partial charge in [0.05, 0.1) is 0 Å². The lowest BCUT2D eigenvalue weighted by atomic mass is 10.1. The molecule has 4 nitrogen and oxygen atoms in total. The van der Waals surface area contributed by atoms with Crippen LogP contribution in [-0.2, 0) is 0 Å². The molecule has 4 heteroatoms. The number of nitrogens with one attached hydrogen (secondary N) is 2. The average Bonchev–Trinajstić information content (AvgIpc) is 3.31. The van der Waals surface area contributed by atoms with Crippen LogP contribution >= 0.6 is 0 Å². The van der Waals surface area contributed by atoms with Crippen molar-refractivity contribution in [3.05, 3.63) is 54.9 Å². The van der Waals surface area contributed by atoms with Gasteiger partial charge in [0.1, 0.15) is 18.0 Å². The molecular formula is C17H16N4. The van der Waals surface area contributed by atoms with Crippen molar-refractivity contribution in [3.8, 4) is 0 Å². The second-order valence-electron chi connectivity index (χ2n) is 5.39. The molecule has 0 atom stereocenters. The minimum atomic E-state index is 0.591. The van der Waals surface area contributed by atoms with Crippen molar-refractivity contribution >= 4 is 28.1 Å². The molecule has 1 saturated carbocycles. The first-order valence-electron chi connectivity index (χ1n) is 7.21. The monoisotopic (exact) mass is 276 g/mol. The van der Waals surface area contributed by atoms with Gasteiger partial charge in [0, 0.05) is 17.8 Å². The summed E-state index contributed by atoms with van der Waals surface area (Å²) in [7, 11) is 0. The third-order valence-corrected chi connectivity index (χ3v) is 3.62. The number of benzene rings is 2. The molecule has 4 rings (SSSR count). The normalized spacial score (nSPS) is 14.1. The standard InChI is InChI=1S/C17H16N4/c1-2-4-13-9-15(6-5-12(13)3-1)21-17-10-16(18-11-19-17)20-14-7-8-14/h1-6,9-11,14H,7-8H2,(H2,18,19,20,21). The molecule has 0 radical (unpaired) electrons. The molecule has 0 spiro atoms. The van der Waals surface area contributed by atoms with E-state index in [9.17, 15) is 0 Å². The molecule has 1 heterocycles. The van der Waals surface area contributed by atoms with Gasteiger partial charge in [0.2, 0.25) is 0 Å². The summed E-state index contributed by atoms with van der Waals surface area (Å²) in [5.74, 6) is 1.69. The van der Waals surface area contributed by atoms with E-state index in [1.807, 2.05) is 6.07 Å². The van der Waals surface area contributed by atoms with Gasteiger partial charge in [-0.15, -0.1) is 0 Å². The van der Waals surface area contributed by atoms with Crippen molar-refractivity contribution in [1.82, 2.24) is 9.97 Å². The van der Waals surface area contributed by atoms with Crippen LogP contribution in [0, 0.1) is 0 Å². The summed E-state index contributed by atoms with van der Waals surface area (Å²) in [6, 6.07) is 17.2.